The van der Waals surface area contributed by atoms with Gasteiger partial charge in [0.05, 0.1) is 13.2 Å². The number of ether oxygens (including phenoxy) is 2. The first-order valence-electron chi connectivity index (χ1n) is 9.61. The third kappa shape index (κ3) is 5.83. The molecule has 1 atom stereocenters. The summed E-state index contributed by atoms with van der Waals surface area (Å²) in [5.41, 5.74) is 1.65. The van der Waals surface area contributed by atoms with Crippen LogP contribution in [-0.2, 0) is 17.8 Å². The zero-order chi connectivity index (χ0) is 21.6. The summed E-state index contributed by atoms with van der Waals surface area (Å²) in [7, 11) is 0. The minimum atomic E-state index is -4.43. The first-order valence-corrected chi connectivity index (χ1v) is 9.61. The Bertz CT molecular complexity index is 938. The minimum Gasteiger partial charge on any atom is -0.454 e. The maximum absolute atomic E-state index is 14.0. The van der Waals surface area contributed by atoms with Crippen LogP contribution in [0.15, 0.2) is 72.8 Å². The third-order valence-corrected chi connectivity index (χ3v) is 4.71. The van der Waals surface area contributed by atoms with Crippen molar-refractivity contribution in [1.82, 2.24) is 0 Å². The molecule has 158 valence electrons. The van der Waals surface area contributed by atoms with E-state index in [-0.39, 0.29) is 17.9 Å². The lowest BCUT2D eigenvalue weighted by molar-refractivity contribution is -0.163. The van der Waals surface area contributed by atoms with Crippen molar-refractivity contribution in [3.63, 3.8) is 0 Å². The Kier molecular flexibility index (Phi) is 7.11. The normalized spacial score (nSPS) is 12.6. The molecule has 2 nitrogen and oxygen atoms in total. The predicted molar refractivity (Wildman–Crippen MR) is 107 cm³/mol. The quantitative estimate of drug-likeness (QED) is 0.365. The molecule has 0 aromatic heterocycles. The average Bonchev–Trinajstić information content (AvgIpc) is 2.73. The molecule has 6 heteroatoms. The Hall–Kier alpha value is -2.86. The molecule has 0 spiro atoms. The molecule has 1 unspecified atom stereocenters. The Morgan fingerprint density at radius 1 is 0.867 bits per heavy atom. The molecule has 3 aromatic rings. The van der Waals surface area contributed by atoms with E-state index in [9.17, 15) is 17.6 Å². The summed E-state index contributed by atoms with van der Waals surface area (Å²) in [4.78, 5) is 0. The number of rotatable bonds is 8. The van der Waals surface area contributed by atoms with E-state index in [2.05, 4.69) is 0 Å². The van der Waals surface area contributed by atoms with Crippen LogP contribution in [0.5, 0.6) is 11.5 Å². The van der Waals surface area contributed by atoms with Crippen molar-refractivity contribution in [3.8, 4) is 11.5 Å². The lowest BCUT2D eigenvalue weighted by Crippen LogP contribution is -2.25. The number of hydrogen-bond donors (Lipinski definition) is 0. The van der Waals surface area contributed by atoms with Crippen LogP contribution >= 0.6 is 0 Å². The monoisotopic (exact) mass is 418 g/mol. The molecule has 0 aliphatic carbocycles. The summed E-state index contributed by atoms with van der Waals surface area (Å²) < 4.78 is 65.5. The molecule has 0 bridgehead atoms. The van der Waals surface area contributed by atoms with Crippen LogP contribution in [0.25, 0.3) is 0 Å². The van der Waals surface area contributed by atoms with Crippen LogP contribution in [-0.4, -0.2) is 12.8 Å². The van der Waals surface area contributed by atoms with Crippen molar-refractivity contribution in [2.75, 3.05) is 6.61 Å². The predicted octanol–water partition coefficient (Wildman–Crippen LogP) is 7.04. The second-order valence-electron chi connectivity index (χ2n) is 6.88. The zero-order valence-electron chi connectivity index (χ0n) is 16.5. The first-order chi connectivity index (χ1) is 14.4. The van der Waals surface area contributed by atoms with Crippen LogP contribution in [0.4, 0.5) is 17.6 Å². The van der Waals surface area contributed by atoms with E-state index in [1.165, 1.54) is 30.3 Å². The highest BCUT2D eigenvalue weighted by Gasteiger charge is 2.40. The Morgan fingerprint density at radius 3 is 2.17 bits per heavy atom. The summed E-state index contributed by atoms with van der Waals surface area (Å²) in [6.07, 6.45) is -3.68. The van der Waals surface area contributed by atoms with Gasteiger partial charge in [0.15, 0.2) is 11.6 Å². The molecular formula is C24H22F4O2. The maximum atomic E-state index is 14.0. The molecule has 0 N–H and O–H groups in total. The van der Waals surface area contributed by atoms with Gasteiger partial charge in [-0.25, -0.2) is 4.39 Å². The first kappa shape index (κ1) is 21.8. The molecular weight excluding hydrogens is 396 g/mol. The molecule has 3 rings (SSSR count). The SMILES string of the molecule is CCc1ccc(C(COCc2ccc(F)c(Oc3ccccc3)c2)C(F)(F)F)cc1. The van der Waals surface area contributed by atoms with Gasteiger partial charge in [-0.2, -0.15) is 13.2 Å². The number of hydrogen-bond acceptors (Lipinski definition) is 2. The Labute approximate surface area is 173 Å². The summed E-state index contributed by atoms with van der Waals surface area (Å²) in [6.45, 7) is 1.32. The highest BCUT2D eigenvalue weighted by atomic mass is 19.4. The van der Waals surface area contributed by atoms with Crippen molar-refractivity contribution in [3.05, 3.63) is 95.3 Å². The Balaban J connectivity index is 1.66. The molecule has 0 saturated carbocycles. The lowest BCUT2D eigenvalue weighted by Gasteiger charge is -2.21. The van der Waals surface area contributed by atoms with Gasteiger partial charge >= 0.3 is 6.18 Å². The highest BCUT2D eigenvalue weighted by Crippen LogP contribution is 2.35. The second-order valence-corrected chi connectivity index (χ2v) is 6.88. The number of alkyl halides is 3. The Morgan fingerprint density at radius 2 is 1.53 bits per heavy atom. The van der Waals surface area contributed by atoms with Gasteiger partial charge in [-0.05, 0) is 47.4 Å². The van der Waals surface area contributed by atoms with E-state index in [1.807, 2.05) is 6.92 Å². The van der Waals surface area contributed by atoms with Crippen LogP contribution < -0.4 is 4.74 Å². The van der Waals surface area contributed by atoms with E-state index in [0.29, 0.717) is 11.3 Å². The van der Waals surface area contributed by atoms with Gasteiger partial charge in [0.25, 0.3) is 0 Å². The molecule has 0 heterocycles. The fourth-order valence-corrected chi connectivity index (χ4v) is 2.99. The topological polar surface area (TPSA) is 18.5 Å². The fraction of sp³-hybridized carbons (Fsp3) is 0.250. The van der Waals surface area contributed by atoms with Gasteiger partial charge in [-0.15, -0.1) is 0 Å². The largest absolute Gasteiger partial charge is 0.454 e. The number of halogens is 4. The van der Waals surface area contributed by atoms with E-state index >= 15 is 0 Å². The number of aryl methyl sites for hydroxylation is 1. The molecule has 0 amide bonds. The molecule has 0 aliphatic rings. The van der Waals surface area contributed by atoms with Gasteiger partial charge in [0, 0.05) is 0 Å². The van der Waals surface area contributed by atoms with Crippen molar-refractivity contribution >= 4 is 0 Å². The van der Waals surface area contributed by atoms with Crippen molar-refractivity contribution in [2.24, 2.45) is 0 Å². The van der Waals surface area contributed by atoms with Gasteiger partial charge in [0.1, 0.15) is 11.7 Å². The molecule has 0 saturated heterocycles. The average molecular weight is 418 g/mol. The van der Waals surface area contributed by atoms with E-state index in [4.69, 9.17) is 9.47 Å². The summed E-state index contributed by atoms with van der Waals surface area (Å²) in [5.74, 6) is -1.84. The second kappa shape index (κ2) is 9.76. The molecule has 30 heavy (non-hydrogen) atoms. The number of para-hydroxylation sites is 1. The molecule has 3 aromatic carbocycles. The zero-order valence-corrected chi connectivity index (χ0v) is 16.5. The van der Waals surface area contributed by atoms with Crippen molar-refractivity contribution in [2.45, 2.75) is 32.0 Å². The fourth-order valence-electron chi connectivity index (χ4n) is 2.99. The maximum Gasteiger partial charge on any atom is 0.397 e. The molecule has 0 aliphatic heterocycles. The van der Waals surface area contributed by atoms with E-state index < -0.39 is 24.5 Å². The highest BCUT2D eigenvalue weighted by molar-refractivity contribution is 5.35. The van der Waals surface area contributed by atoms with E-state index in [1.54, 1.807) is 42.5 Å². The van der Waals surface area contributed by atoms with Crippen molar-refractivity contribution < 1.29 is 27.0 Å². The molecule has 0 radical (unpaired) electrons. The van der Waals surface area contributed by atoms with E-state index in [0.717, 1.165) is 12.0 Å². The summed E-state index contributed by atoms with van der Waals surface area (Å²) in [6, 6.07) is 19.2. The van der Waals surface area contributed by atoms with Crippen LogP contribution in [0, 0.1) is 5.82 Å². The van der Waals surface area contributed by atoms with Gasteiger partial charge in [-0.1, -0.05) is 55.5 Å². The molecule has 0 fully saturated rings. The summed E-state index contributed by atoms with van der Waals surface area (Å²) in [5, 5.41) is 0. The van der Waals surface area contributed by atoms with Crippen molar-refractivity contribution in [1.29, 1.82) is 0 Å². The van der Waals surface area contributed by atoms with Gasteiger partial charge < -0.3 is 9.47 Å². The third-order valence-electron chi connectivity index (χ3n) is 4.71. The standard InChI is InChI=1S/C24H22F4O2/c1-2-17-8-11-19(12-9-17)21(24(26,27)28)16-29-15-18-10-13-22(25)23(14-18)30-20-6-4-3-5-7-20/h3-14,21H,2,15-16H2,1H3. The smallest absolute Gasteiger partial charge is 0.397 e. The van der Waals surface area contributed by atoms with Crippen LogP contribution in [0.1, 0.15) is 29.5 Å². The lowest BCUT2D eigenvalue weighted by atomic mass is 9.97. The van der Waals surface area contributed by atoms with Gasteiger partial charge in [0.2, 0.25) is 0 Å². The van der Waals surface area contributed by atoms with Crippen LogP contribution in [0.3, 0.4) is 0 Å². The van der Waals surface area contributed by atoms with Gasteiger partial charge in [-0.3, -0.25) is 0 Å². The van der Waals surface area contributed by atoms with Crippen LogP contribution in [0.2, 0.25) is 0 Å². The minimum absolute atomic E-state index is 0.00942. The number of benzene rings is 3. The summed E-state index contributed by atoms with van der Waals surface area (Å²) >= 11 is 0.